The first-order valence-corrected chi connectivity index (χ1v) is 6.66. The maximum atomic E-state index is 4.83. The molecule has 0 bridgehead atoms. The molecule has 0 aliphatic rings. The summed E-state index contributed by atoms with van der Waals surface area (Å²) in [5, 5.41) is 3.74. The molecule has 0 saturated heterocycles. The van der Waals surface area contributed by atoms with Crippen LogP contribution in [-0.4, -0.2) is 4.98 Å². The number of thiazole rings is 1. The molecule has 86 valence electrons. The fourth-order valence-corrected chi connectivity index (χ4v) is 3.02. The first-order valence-electron chi connectivity index (χ1n) is 5.84. The molecular formula is C15H15NS. The lowest BCUT2D eigenvalue weighted by molar-refractivity contribution is 0.587. The maximum absolute atomic E-state index is 4.83. The minimum Gasteiger partial charge on any atom is -0.240 e. The van der Waals surface area contributed by atoms with E-state index in [1.54, 1.807) is 0 Å². The molecule has 1 heterocycles. The molecule has 1 nitrogen and oxygen atoms in total. The highest BCUT2D eigenvalue weighted by Gasteiger charge is 2.19. The van der Waals surface area contributed by atoms with E-state index in [0.717, 1.165) is 5.52 Å². The van der Waals surface area contributed by atoms with Crippen LogP contribution in [0, 0.1) is 0 Å². The van der Waals surface area contributed by atoms with E-state index in [4.69, 9.17) is 4.98 Å². The average Bonchev–Trinajstić information content (AvgIpc) is 2.72. The molecule has 2 aromatic carbocycles. The summed E-state index contributed by atoms with van der Waals surface area (Å²) in [6, 6.07) is 12.8. The highest BCUT2D eigenvalue weighted by atomic mass is 32.1. The summed E-state index contributed by atoms with van der Waals surface area (Å²) >= 11 is 1.81. The van der Waals surface area contributed by atoms with E-state index in [2.05, 4.69) is 57.2 Å². The van der Waals surface area contributed by atoms with Gasteiger partial charge in [-0.05, 0) is 11.5 Å². The second kappa shape index (κ2) is 3.54. The molecule has 0 aliphatic carbocycles. The standard InChI is InChI=1S/C15H15NS/c1-15(2,3)14-16-13-11-7-5-4-6-10(11)8-9-12(13)17-14/h4-9H,1-3H3. The second-order valence-corrected chi connectivity index (χ2v) is 6.43. The molecule has 2 heteroatoms. The van der Waals surface area contributed by atoms with E-state index in [1.807, 2.05) is 11.3 Å². The van der Waals surface area contributed by atoms with Gasteiger partial charge in [0.25, 0.3) is 0 Å². The summed E-state index contributed by atoms with van der Waals surface area (Å²) in [6.45, 7) is 6.65. The molecule has 0 unspecified atom stereocenters. The third-order valence-corrected chi connectivity index (χ3v) is 4.37. The normalized spacial score (nSPS) is 12.4. The van der Waals surface area contributed by atoms with Crippen molar-refractivity contribution < 1.29 is 0 Å². The Bertz CT molecular complexity index is 689. The Balaban J connectivity index is 2.39. The van der Waals surface area contributed by atoms with Gasteiger partial charge in [-0.1, -0.05) is 51.1 Å². The maximum Gasteiger partial charge on any atom is 0.0992 e. The monoisotopic (exact) mass is 241 g/mol. The Morgan fingerprint density at radius 1 is 1.00 bits per heavy atom. The van der Waals surface area contributed by atoms with Crippen LogP contribution in [0.3, 0.4) is 0 Å². The SMILES string of the molecule is CC(C)(C)c1nc2c(ccc3ccccc32)s1. The van der Waals surface area contributed by atoms with Crippen LogP contribution in [0.1, 0.15) is 25.8 Å². The molecule has 0 radical (unpaired) electrons. The van der Waals surface area contributed by atoms with Crippen LogP contribution in [0.25, 0.3) is 21.0 Å². The number of hydrogen-bond acceptors (Lipinski definition) is 2. The summed E-state index contributed by atoms with van der Waals surface area (Å²) in [5.41, 5.74) is 1.28. The molecule has 0 saturated carbocycles. The van der Waals surface area contributed by atoms with E-state index < -0.39 is 0 Å². The van der Waals surface area contributed by atoms with Gasteiger partial charge < -0.3 is 0 Å². The van der Waals surface area contributed by atoms with Crippen LogP contribution in [0.4, 0.5) is 0 Å². The molecular weight excluding hydrogens is 226 g/mol. The molecule has 0 spiro atoms. The summed E-state index contributed by atoms with van der Waals surface area (Å²) in [5.74, 6) is 0. The van der Waals surface area contributed by atoms with Crippen LogP contribution >= 0.6 is 11.3 Å². The highest BCUT2D eigenvalue weighted by Crippen LogP contribution is 2.34. The van der Waals surface area contributed by atoms with Crippen molar-refractivity contribution in [2.24, 2.45) is 0 Å². The fraction of sp³-hybridized carbons (Fsp3) is 0.267. The van der Waals surface area contributed by atoms with Crippen molar-refractivity contribution in [1.82, 2.24) is 4.98 Å². The van der Waals surface area contributed by atoms with Crippen molar-refractivity contribution >= 4 is 32.3 Å². The summed E-state index contributed by atoms with van der Waals surface area (Å²) < 4.78 is 1.29. The van der Waals surface area contributed by atoms with E-state index in [1.165, 1.54) is 20.5 Å². The Morgan fingerprint density at radius 3 is 2.53 bits per heavy atom. The highest BCUT2D eigenvalue weighted by molar-refractivity contribution is 7.18. The van der Waals surface area contributed by atoms with E-state index in [0.29, 0.717) is 0 Å². The number of fused-ring (bicyclic) bond motifs is 3. The first kappa shape index (κ1) is 10.7. The Labute approximate surface area is 105 Å². The van der Waals surface area contributed by atoms with Crippen LogP contribution in [0.15, 0.2) is 36.4 Å². The topological polar surface area (TPSA) is 12.9 Å². The Morgan fingerprint density at radius 2 is 1.76 bits per heavy atom. The number of rotatable bonds is 0. The van der Waals surface area contributed by atoms with Gasteiger partial charge in [0.2, 0.25) is 0 Å². The predicted octanol–water partition coefficient (Wildman–Crippen LogP) is 4.75. The number of benzene rings is 2. The Kier molecular flexibility index (Phi) is 2.23. The zero-order valence-electron chi connectivity index (χ0n) is 10.3. The van der Waals surface area contributed by atoms with Gasteiger partial charge in [-0.3, -0.25) is 0 Å². The second-order valence-electron chi connectivity index (χ2n) is 5.40. The van der Waals surface area contributed by atoms with Crippen molar-refractivity contribution in [3.8, 4) is 0 Å². The minimum atomic E-state index is 0.130. The van der Waals surface area contributed by atoms with Crippen molar-refractivity contribution in [1.29, 1.82) is 0 Å². The van der Waals surface area contributed by atoms with Gasteiger partial charge in [0.1, 0.15) is 0 Å². The zero-order chi connectivity index (χ0) is 12.0. The number of nitrogens with zero attached hydrogens (tertiary/aromatic N) is 1. The molecule has 0 aliphatic heterocycles. The van der Waals surface area contributed by atoms with Crippen molar-refractivity contribution in [3.63, 3.8) is 0 Å². The third-order valence-electron chi connectivity index (χ3n) is 2.93. The lowest BCUT2D eigenvalue weighted by Crippen LogP contribution is -2.09. The van der Waals surface area contributed by atoms with Gasteiger partial charge in [0, 0.05) is 10.8 Å². The van der Waals surface area contributed by atoms with E-state index in [9.17, 15) is 0 Å². The largest absolute Gasteiger partial charge is 0.240 e. The zero-order valence-corrected chi connectivity index (χ0v) is 11.1. The molecule has 0 fully saturated rings. The molecule has 0 N–H and O–H groups in total. The molecule has 3 aromatic rings. The van der Waals surface area contributed by atoms with E-state index in [-0.39, 0.29) is 5.41 Å². The van der Waals surface area contributed by atoms with Crippen LogP contribution in [0.2, 0.25) is 0 Å². The van der Waals surface area contributed by atoms with Crippen LogP contribution in [-0.2, 0) is 5.41 Å². The molecule has 0 atom stereocenters. The molecule has 3 rings (SSSR count). The average molecular weight is 241 g/mol. The summed E-state index contributed by atoms with van der Waals surface area (Å²) in [7, 11) is 0. The number of hydrogen-bond donors (Lipinski definition) is 0. The molecule has 1 aromatic heterocycles. The van der Waals surface area contributed by atoms with E-state index >= 15 is 0 Å². The molecule has 0 amide bonds. The van der Waals surface area contributed by atoms with Crippen LogP contribution in [0.5, 0.6) is 0 Å². The fourth-order valence-electron chi connectivity index (χ4n) is 1.98. The number of aromatic nitrogens is 1. The summed E-state index contributed by atoms with van der Waals surface area (Å²) in [6.07, 6.45) is 0. The summed E-state index contributed by atoms with van der Waals surface area (Å²) in [4.78, 5) is 4.83. The van der Waals surface area contributed by atoms with Gasteiger partial charge in [0.05, 0.1) is 15.2 Å². The van der Waals surface area contributed by atoms with Gasteiger partial charge in [0.15, 0.2) is 0 Å². The van der Waals surface area contributed by atoms with Gasteiger partial charge in [-0.15, -0.1) is 11.3 Å². The van der Waals surface area contributed by atoms with Gasteiger partial charge in [-0.2, -0.15) is 0 Å². The van der Waals surface area contributed by atoms with Gasteiger partial charge >= 0.3 is 0 Å². The lowest BCUT2D eigenvalue weighted by Gasteiger charge is -2.13. The smallest absolute Gasteiger partial charge is 0.0992 e. The first-order chi connectivity index (χ1) is 8.05. The lowest BCUT2D eigenvalue weighted by atomic mass is 9.98. The van der Waals surface area contributed by atoms with Crippen LogP contribution < -0.4 is 0 Å². The Hall–Kier alpha value is -1.41. The quantitative estimate of drug-likeness (QED) is 0.553. The van der Waals surface area contributed by atoms with Crippen molar-refractivity contribution in [2.45, 2.75) is 26.2 Å². The third kappa shape index (κ3) is 1.73. The minimum absolute atomic E-state index is 0.130. The van der Waals surface area contributed by atoms with Crippen molar-refractivity contribution in [2.75, 3.05) is 0 Å². The molecule has 17 heavy (non-hydrogen) atoms. The van der Waals surface area contributed by atoms with Gasteiger partial charge in [-0.25, -0.2) is 4.98 Å². The predicted molar refractivity (Wildman–Crippen MR) is 75.8 cm³/mol. The van der Waals surface area contributed by atoms with Crippen molar-refractivity contribution in [3.05, 3.63) is 41.4 Å².